The summed E-state index contributed by atoms with van der Waals surface area (Å²) >= 11 is 3.96. The molecule has 1 N–H and O–H groups in total. The van der Waals surface area contributed by atoms with Gasteiger partial charge < -0.3 is 10.2 Å². The second-order valence-electron chi connectivity index (χ2n) is 6.28. The van der Waals surface area contributed by atoms with Gasteiger partial charge in [-0.15, -0.1) is 11.3 Å². The molecule has 0 bridgehead atoms. The summed E-state index contributed by atoms with van der Waals surface area (Å²) in [5.74, 6) is 2.26. The van der Waals surface area contributed by atoms with Crippen LogP contribution in [0.4, 0.5) is 0 Å². The van der Waals surface area contributed by atoms with Crippen LogP contribution in [0.25, 0.3) is 0 Å². The third-order valence-corrected chi connectivity index (χ3v) is 7.04. The van der Waals surface area contributed by atoms with Crippen LogP contribution < -0.4 is 5.32 Å². The Morgan fingerprint density at radius 3 is 2.91 bits per heavy atom. The average Bonchev–Trinajstić information content (AvgIpc) is 2.94. The number of nitrogens with zero attached hydrogens (tertiary/aromatic N) is 3. The van der Waals surface area contributed by atoms with Gasteiger partial charge >= 0.3 is 0 Å². The van der Waals surface area contributed by atoms with Crippen LogP contribution >= 0.6 is 23.1 Å². The van der Waals surface area contributed by atoms with Crippen molar-refractivity contribution in [1.82, 2.24) is 15.2 Å². The summed E-state index contributed by atoms with van der Waals surface area (Å²) in [5, 5.41) is 4.64. The zero-order chi connectivity index (χ0) is 15.4. The lowest BCUT2D eigenvalue weighted by atomic mass is 9.87. The van der Waals surface area contributed by atoms with Crippen LogP contribution in [0.15, 0.2) is 11.2 Å². The predicted molar refractivity (Wildman–Crippen MR) is 96.9 cm³/mol. The zero-order valence-corrected chi connectivity index (χ0v) is 15.2. The van der Waals surface area contributed by atoms with Crippen molar-refractivity contribution in [2.75, 3.05) is 25.9 Å². The molecule has 2 heterocycles. The number of nitrogens with one attached hydrogen (secondary N) is 1. The number of thioether (sulfide) groups is 1. The molecule has 1 spiro atoms. The number of aliphatic imine (C=N–C) groups is 1. The van der Waals surface area contributed by atoms with Gasteiger partial charge in [0.25, 0.3) is 0 Å². The maximum absolute atomic E-state index is 4.51. The monoisotopic (exact) mass is 338 g/mol. The molecular weight excluding hydrogens is 312 g/mol. The van der Waals surface area contributed by atoms with Gasteiger partial charge in [0.2, 0.25) is 0 Å². The summed E-state index contributed by atoms with van der Waals surface area (Å²) in [6.07, 6.45) is 8.89. The molecule has 1 saturated heterocycles. The molecule has 0 atom stereocenters. The van der Waals surface area contributed by atoms with Crippen molar-refractivity contribution in [2.24, 2.45) is 4.99 Å². The number of guanidine groups is 1. The van der Waals surface area contributed by atoms with Crippen LogP contribution in [0.3, 0.4) is 0 Å². The largest absolute Gasteiger partial charge is 0.350 e. The molecule has 0 aromatic carbocycles. The van der Waals surface area contributed by atoms with Crippen molar-refractivity contribution in [3.8, 4) is 0 Å². The summed E-state index contributed by atoms with van der Waals surface area (Å²) in [6.45, 7) is 5.13. The van der Waals surface area contributed by atoms with Gasteiger partial charge in [-0.3, -0.25) is 4.99 Å². The van der Waals surface area contributed by atoms with Gasteiger partial charge in [0.05, 0.1) is 6.54 Å². The van der Waals surface area contributed by atoms with Gasteiger partial charge in [0, 0.05) is 41.7 Å². The van der Waals surface area contributed by atoms with Crippen molar-refractivity contribution in [2.45, 2.75) is 50.3 Å². The molecule has 1 aliphatic carbocycles. The number of rotatable bonds is 2. The Kier molecular flexibility index (Phi) is 5.29. The van der Waals surface area contributed by atoms with Crippen molar-refractivity contribution >= 4 is 29.1 Å². The summed E-state index contributed by atoms with van der Waals surface area (Å²) in [5.41, 5.74) is 0. The Morgan fingerprint density at radius 1 is 1.41 bits per heavy atom. The van der Waals surface area contributed by atoms with E-state index in [0.717, 1.165) is 30.6 Å². The number of aromatic nitrogens is 1. The fraction of sp³-hybridized carbons (Fsp3) is 0.750. The Balaban J connectivity index is 1.60. The molecule has 1 aliphatic heterocycles. The first kappa shape index (κ1) is 16.1. The van der Waals surface area contributed by atoms with E-state index in [1.165, 1.54) is 42.7 Å². The van der Waals surface area contributed by atoms with Crippen LogP contribution in [0.5, 0.6) is 0 Å². The molecule has 22 heavy (non-hydrogen) atoms. The van der Waals surface area contributed by atoms with Gasteiger partial charge in [-0.05, 0) is 19.8 Å². The Bertz CT molecular complexity index is 514. The zero-order valence-electron chi connectivity index (χ0n) is 13.6. The number of aryl methyl sites for hydroxylation is 1. The predicted octanol–water partition coefficient (Wildman–Crippen LogP) is 3.28. The average molecular weight is 339 g/mol. The van der Waals surface area contributed by atoms with Crippen LogP contribution in [-0.2, 0) is 6.54 Å². The fourth-order valence-electron chi connectivity index (χ4n) is 3.49. The second-order valence-corrected chi connectivity index (χ2v) is 9.16. The molecule has 3 rings (SSSR count). The molecule has 0 radical (unpaired) electrons. The van der Waals surface area contributed by atoms with Crippen LogP contribution in [0.1, 0.15) is 42.0 Å². The van der Waals surface area contributed by atoms with Crippen molar-refractivity contribution < 1.29 is 0 Å². The molecule has 1 aromatic rings. The third-order valence-electron chi connectivity index (χ3n) is 4.59. The van der Waals surface area contributed by atoms with E-state index in [2.05, 4.69) is 38.9 Å². The van der Waals surface area contributed by atoms with Gasteiger partial charge in [-0.2, -0.15) is 11.8 Å². The molecule has 1 aromatic heterocycles. The Morgan fingerprint density at radius 2 is 2.23 bits per heavy atom. The lowest BCUT2D eigenvalue weighted by Gasteiger charge is -2.45. The van der Waals surface area contributed by atoms with E-state index in [0.29, 0.717) is 4.75 Å². The highest BCUT2D eigenvalue weighted by molar-refractivity contribution is 8.00. The minimum absolute atomic E-state index is 0.478. The molecule has 4 nitrogen and oxygen atoms in total. The topological polar surface area (TPSA) is 40.5 Å². The molecule has 0 amide bonds. The summed E-state index contributed by atoms with van der Waals surface area (Å²) in [6, 6.07) is 0. The van der Waals surface area contributed by atoms with E-state index in [1.54, 1.807) is 11.3 Å². The number of hydrogen-bond donors (Lipinski definition) is 1. The molecular formula is C16H26N4S2. The SMILES string of the molecule is CN=C(NCc1ncc(C)s1)N1CCSC2(CCCCC2)C1. The first-order valence-corrected chi connectivity index (χ1v) is 10.0. The highest BCUT2D eigenvalue weighted by atomic mass is 32.2. The standard InChI is InChI=1S/C16H26N4S2/c1-13-10-18-14(22-13)11-19-15(17-2)20-8-9-21-16(12-20)6-4-3-5-7-16/h10H,3-9,11-12H2,1-2H3,(H,17,19). The maximum atomic E-state index is 4.51. The van der Waals surface area contributed by atoms with Crippen LogP contribution in [0.2, 0.25) is 0 Å². The van der Waals surface area contributed by atoms with E-state index >= 15 is 0 Å². The highest BCUT2D eigenvalue weighted by Gasteiger charge is 2.38. The smallest absolute Gasteiger partial charge is 0.194 e. The minimum atomic E-state index is 0.478. The molecule has 0 unspecified atom stereocenters. The molecule has 2 fully saturated rings. The lowest BCUT2D eigenvalue weighted by Crippen LogP contribution is -2.53. The molecule has 2 aliphatic rings. The summed E-state index contributed by atoms with van der Waals surface area (Å²) in [4.78, 5) is 12.7. The summed E-state index contributed by atoms with van der Waals surface area (Å²) < 4.78 is 0.478. The normalized spacial score (nSPS) is 22.1. The van der Waals surface area contributed by atoms with Crippen LogP contribution in [-0.4, -0.2) is 46.5 Å². The van der Waals surface area contributed by atoms with Crippen molar-refractivity contribution in [1.29, 1.82) is 0 Å². The van der Waals surface area contributed by atoms with E-state index in [-0.39, 0.29) is 0 Å². The lowest BCUT2D eigenvalue weighted by molar-refractivity contribution is 0.293. The van der Waals surface area contributed by atoms with Gasteiger partial charge in [-0.25, -0.2) is 4.98 Å². The molecule has 6 heteroatoms. The fourth-order valence-corrected chi connectivity index (χ4v) is 5.79. The van der Waals surface area contributed by atoms with Gasteiger partial charge in [0.15, 0.2) is 5.96 Å². The Hall–Kier alpha value is -0.750. The number of hydrogen-bond acceptors (Lipinski definition) is 4. The maximum Gasteiger partial charge on any atom is 0.194 e. The number of thiazole rings is 1. The van der Waals surface area contributed by atoms with Crippen LogP contribution in [0, 0.1) is 6.92 Å². The van der Waals surface area contributed by atoms with Gasteiger partial charge in [-0.1, -0.05) is 19.3 Å². The molecule has 122 valence electrons. The second kappa shape index (κ2) is 7.21. The van der Waals surface area contributed by atoms with E-state index < -0.39 is 0 Å². The van der Waals surface area contributed by atoms with E-state index in [1.807, 2.05) is 13.2 Å². The van der Waals surface area contributed by atoms with E-state index in [4.69, 9.17) is 0 Å². The molecule has 1 saturated carbocycles. The van der Waals surface area contributed by atoms with Crippen molar-refractivity contribution in [3.63, 3.8) is 0 Å². The van der Waals surface area contributed by atoms with Crippen molar-refractivity contribution in [3.05, 3.63) is 16.1 Å². The summed E-state index contributed by atoms with van der Waals surface area (Å²) in [7, 11) is 1.89. The highest BCUT2D eigenvalue weighted by Crippen LogP contribution is 2.42. The third kappa shape index (κ3) is 3.77. The van der Waals surface area contributed by atoms with Gasteiger partial charge in [0.1, 0.15) is 5.01 Å². The quantitative estimate of drug-likeness (QED) is 0.664. The van der Waals surface area contributed by atoms with E-state index in [9.17, 15) is 0 Å². The first-order chi connectivity index (χ1) is 10.7. The first-order valence-electron chi connectivity index (χ1n) is 8.22. The minimum Gasteiger partial charge on any atom is -0.350 e. The Labute approximate surface area is 141 Å².